The van der Waals surface area contributed by atoms with E-state index < -0.39 is 23.1 Å². The van der Waals surface area contributed by atoms with Crippen LogP contribution in [0.1, 0.15) is 39.1 Å². The molecule has 6 rings (SSSR count). The molecular formula is C42H40N2O9. The van der Waals surface area contributed by atoms with Crippen molar-refractivity contribution in [3.8, 4) is 45.9 Å². The molecule has 11 nitrogen and oxygen atoms in total. The third-order valence-electron chi connectivity index (χ3n) is 7.96. The van der Waals surface area contributed by atoms with Crippen molar-refractivity contribution >= 4 is 11.9 Å². The van der Waals surface area contributed by atoms with E-state index in [0.717, 1.165) is 22.5 Å². The van der Waals surface area contributed by atoms with Crippen molar-refractivity contribution in [1.29, 1.82) is 0 Å². The molecule has 0 bridgehead atoms. The second-order valence-electron chi connectivity index (χ2n) is 13.1. The van der Waals surface area contributed by atoms with Gasteiger partial charge in [-0.15, -0.1) is 0 Å². The molecule has 0 fully saturated rings. The van der Waals surface area contributed by atoms with Gasteiger partial charge in [-0.2, -0.15) is 0 Å². The van der Waals surface area contributed by atoms with Gasteiger partial charge in [0.25, 0.3) is 0 Å². The Labute approximate surface area is 307 Å². The Hall–Kier alpha value is -6.36. The Kier molecular flexibility index (Phi) is 11.2. The molecule has 0 saturated heterocycles. The average molecular weight is 717 g/mol. The lowest BCUT2D eigenvalue weighted by Crippen LogP contribution is -2.46. The maximum atomic E-state index is 13.0. The molecule has 53 heavy (non-hydrogen) atoms. The predicted octanol–water partition coefficient (Wildman–Crippen LogP) is 8.32. The molecule has 0 amide bonds. The summed E-state index contributed by atoms with van der Waals surface area (Å²) in [5.41, 5.74) is 0.420. The van der Waals surface area contributed by atoms with E-state index in [0.29, 0.717) is 60.8 Å². The molecule has 0 radical (unpaired) electrons. The molecule has 0 aliphatic heterocycles. The van der Waals surface area contributed by atoms with Crippen molar-refractivity contribution in [2.75, 3.05) is 13.2 Å². The Morgan fingerprint density at radius 2 is 0.887 bits per heavy atom. The summed E-state index contributed by atoms with van der Waals surface area (Å²) in [7, 11) is 0. The van der Waals surface area contributed by atoms with Gasteiger partial charge in [-0.1, -0.05) is 36.4 Å². The van der Waals surface area contributed by atoms with E-state index in [2.05, 4.69) is 9.97 Å². The third kappa shape index (κ3) is 9.91. The largest absolute Gasteiger partial charge is 0.493 e. The Bertz CT molecular complexity index is 1940. The molecule has 4 aromatic carbocycles. The molecule has 0 spiro atoms. The zero-order valence-corrected chi connectivity index (χ0v) is 29.9. The minimum absolute atomic E-state index is 0.387. The van der Waals surface area contributed by atoms with Crippen LogP contribution in [0.25, 0.3) is 22.9 Å². The predicted molar refractivity (Wildman–Crippen MR) is 196 cm³/mol. The van der Waals surface area contributed by atoms with Crippen molar-refractivity contribution in [3.63, 3.8) is 0 Å². The highest BCUT2D eigenvalue weighted by Crippen LogP contribution is 2.27. The van der Waals surface area contributed by atoms with E-state index in [-0.39, 0.29) is 0 Å². The van der Waals surface area contributed by atoms with Gasteiger partial charge in [0.1, 0.15) is 35.5 Å². The van der Waals surface area contributed by atoms with Gasteiger partial charge >= 0.3 is 11.9 Å². The highest BCUT2D eigenvalue weighted by molar-refractivity contribution is 5.93. The Morgan fingerprint density at radius 3 is 1.26 bits per heavy atom. The maximum Gasteiger partial charge on any atom is 0.357 e. The second-order valence-corrected chi connectivity index (χ2v) is 13.1. The first-order valence-electron chi connectivity index (χ1n) is 17.1. The standard InChI is InChI=1S/C42H40N2O9/c1-41(2,52-35-19-15-33(16-20-35)47-25-23-31-27-49-37(43-31)29-11-7-5-8-12-29)39(45)51-40(46)42(3,4)53-36-21-17-34(18-22-36)48-26-24-32-28-50-38(44-32)30-13-9-6-10-14-30/h5-22,27-28H,23-26H2,1-4H3. The lowest BCUT2D eigenvalue weighted by molar-refractivity contribution is -0.178. The van der Waals surface area contributed by atoms with E-state index in [1.165, 1.54) is 27.7 Å². The van der Waals surface area contributed by atoms with Crippen LogP contribution in [0.4, 0.5) is 0 Å². The van der Waals surface area contributed by atoms with Crippen molar-refractivity contribution < 1.29 is 42.1 Å². The molecule has 2 aromatic heterocycles. The molecule has 0 N–H and O–H groups in total. The number of benzene rings is 4. The number of rotatable bonds is 16. The fourth-order valence-electron chi connectivity index (χ4n) is 5.03. The summed E-state index contributed by atoms with van der Waals surface area (Å²) in [6.07, 6.45) is 4.37. The van der Waals surface area contributed by atoms with Gasteiger partial charge in [-0.25, -0.2) is 19.6 Å². The van der Waals surface area contributed by atoms with E-state index in [1.54, 1.807) is 61.1 Å². The topological polar surface area (TPSA) is 132 Å². The summed E-state index contributed by atoms with van der Waals surface area (Å²) in [6.45, 7) is 6.85. The van der Waals surface area contributed by atoms with Gasteiger partial charge in [0.05, 0.1) is 24.6 Å². The minimum atomic E-state index is -1.48. The molecule has 272 valence electrons. The molecule has 0 saturated carbocycles. The smallest absolute Gasteiger partial charge is 0.357 e. The number of ether oxygens (including phenoxy) is 5. The fraction of sp³-hybridized carbons (Fsp3) is 0.238. The fourth-order valence-corrected chi connectivity index (χ4v) is 5.03. The zero-order valence-electron chi connectivity index (χ0n) is 29.9. The van der Waals surface area contributed by atoms with Crippen molar-refractivity contribution in [2.45, 2.75) is 51.7 Å². The van der Waals surface area contributed by atoms with Crippen LogP contribution in [0.15, 0.2) is 131 Å². The highest BCUT2D eigenvalue weighted by Gasteiger charge is 2.39. The van der Waals surface area contributed by atoms with Crippen LogP contribution in [-0.4, -0.2) is 46.3 Å². The summed E-state index contributed by atoms with van der Waals surface area (Å²) in [5, 5.41) is 0. The number of hydrogen-bond acceptors (Lipinski definition) is 11. The molecule has 0 unspecified atom stereocenters. The molecular weight excluding hydrogens is 676 g/mol. The normalized spacial score (nSPS) is 11.5. The van der Waals surface area contributed by atoms with Crippen LogP contribution in [0.2, 0.25) is 0 Å². The quantitative estimate of drug-likeness (QED) is 0.0707. The van der Waals surface area contributed by atoms with Gasteiger partial charge in [0.2, 0.25) is 23.0 Å². The first-order valence-corrected chi connectivity index (χ1v) is 17.1. The number of carbonyl (C=O) groups is 2. The summed E-state index contributed by atoms with van der Waals surface area (Å²) in [5.74, 6) is 1.41. The Morgan fingerprint density at radius 1 is 0.528 bits per heavy atom. The second kappa shape index (κ2) is 16.3. The SMILES string of the molecule is CC(C)(Oc1ccc(OCCc2coc(-c3ccccc3)n2)cc1)C(=O)OC(=O)C(C)(C)Oc1ccc(OCCc2coc(-c3ccccc3)n2)cc1. The van der Waals surface area contributed by atoms with Crippen LogP contribution >= 0.6 is 0 Å². The van der Waals surface area contributed by atoms with Crippen LogP contribution < -0.4 is 18.9 Å². The monoisotopic (exact) mass is 716 g/mol. The average Bonchev–Trinajstić information content (AvgIpc) is 3.84. The highest BCUT2D eigenvalue weighted by atomic mass is 16.6. The third-order valence-corrected chi connectivity index (χ3v) is 7.96. The van der Waals surface area contributed by atoms with Crippen molar-refractivity contribution in [3.05, 3.63) is 133 Å². The summed E-state index contributed by atoms with van der Waals surface area (Å²) in [6, 6.07) is 33.0. The molecule has 0 atom stereocenters. The lowest BCUT2D eigenvalue weighted by atomic mass is 10.1. The van der Waals surface area contributed by atoms with Crippen LogP contribution in [-0.2, 0) is 27.2 Å². The molecule has 0 aliphatic carbocycles. The number of nitrogens with zero attached hydrogens (tertiary/aromatic N) is 2. The number of carbonyl (C=O) groups excluding carboxylic acids is 2. The van der Waals surface area contributed by atoms with Gasteiger partial charge in [0, 0.05) is 24.0 Å². The number of aromatic nitrogens is 2. The lowest BCUT2D eigenvalue weighted by Gasteiger charge is -2.27. The summed E-state index contributed by atoms with van der Waals surface area (Å²) < 4.78 is 39.9. The Balaban J connectivity index is 0.923. The molecule has 0 aliphatic rings. The molecule has 6 aromatic rings. The number of hydrogen-bond donors (Lipinski definition) is 0. The van der Waals surface area contributed by atoms with Crippen LogP contribution in [0.5, 0.6) is 23.0 Å². The van der Waals surface area contributed by atoms with E-state index in [4.69, 9.17) is 32.5 Å². The van der Waals surface area contributed by atoms with Gasteiger partial charge in [0.15, 0.2) is 0 Å². The zero-order chi connectivity index (χ0) is 37.3. The van der Waals surface area contributed by atoms with Crippen LogP contribution in [0, 0.1) is 0 Å². The maximum absolute atomic E-state index is 13.0. The van der Waals surface area contributed by atoms with Crippen molar-refractivity contribution in [1.82, 2.24) is 9.97 Å². The van der Waals surface area contributed by atoms with E-state index >= 15 is 0 Å². The van der Waals surface area contributed by atoms with Crippen molar-refractivity contribution in [2.24, 2.45) is 0 Å². The van der Waals surface area contributed by atoms with Gasteiger partial charge < -0.3 is 32.5 Å². The van der Waals surface area contributed by atoms with Gasteiger partial charge in [-0.3, -0.25) is 0 Å². The van der Waals surface area contributed by atoms with E-state index in [1.807, 2.05) is 60.7 Å². The summed E-state index contributed by atoms with van der Waals surface area (Å²) >= 11 is 0. The molecule has 2 heterocycles. The molecule has 11 heteroatoms. The summed E-state index contributed by atoms with van der Waals surface area (Å²) in [4.78, 5) is 35.1. The van der Waals surface area contributed by atoms with Gasteiger partial charge in [-0.05, 0) is 100 Å². The van der Waals surface area contributed by atoms with E-state index in [9.17, 15) is 9.59 Å². The number of oxazole rings is 2. The number of esters is 2. The van der Waals surface area contributed by atoms with Crippen LogP contribution in [0.3, 0.4) is 0 Å². The first kappa shape index (κ1) is 36.4. The first-order chi connectivity index (χ1) is 25.5. The minimum Gasteiger partial charge on any atom is -0.493 e.